The quantitative estimate of drug-likeness (QED) is 0.924. The lowest BCUT2D eigenvalue weighted by Gasteiger charge is -2.39. The monoisotopic (exact) mass is 318 g/mol. The van der Waals surface area contributed by atoms with Crippen LogP contribution in [0.25, 0.3) is 6.08 Å². The number of fused-ring (bicyclic) bond motifs is 1. The summed E-state index contributed by atoms with van der Waals surface area (Å²) in [5.74, 6) is -0.673. The van der Waals surface area contributed by atoms with Gasteiger partial charge in [-0.2, -0.15) is 0 Å². The molecule has 0 aromatic heterocycles. The number of benzene rings is 1. The van der Waals surface area contributed by atoms with E-state index >= 15 is 0 Å². The molecule has 0 saturated carbocycles. The van der Waals surface area contributed by atoms with E-state index < -0.39 is 11.4 Å². The summed E-state index contributed by atoms with van der Waals surface area (Å²) in [7, 11) is 2.00. The summed E-state index contributed by atoms with van der Waals surface area (Å²) in [4.78, 5) is 16.2. The van der Waals surface area contributed by atoms with E-state index in [9.17, 15) is 14.3 Å². The van der Waals surface area contributed by atoms with Crippen molar-refractivity contribution >= 4 is 12.0 Å². The number of carbonyl (C=O) groups is 1. The second-order valence-corrected chi connectivity index (χ2v) is 6.83. The Kier molecular flexibility index (Phi) is 4.50. The molecular weight excluding hydrogens is 295 g/mol. The smallest absolute Gasteiger partial charge is 0.312 e. The van der Waals surface area contributed by atoms with Gasteiger partial charge in [0.25, 0.3) is 0 Å². The number of likely N-dealkylation sites (tertiary alicyclic amines) is 2. The number of rotatable bonds is 4. The molecule has 0 spiro atoms. The molecule has 2 aliphatic rings. The molecule has 0 bridgehead atoms. The van der Waals surface area contributed by atoms with Crippen LogP contribution in [0.1, 0.15) is 12.0 Å². The van der Waals surface area contributed by atoms with Crippen molar-refractivity contribution in [3.63, 3.8) is 0 Å². The molecule has 0 unspecified atom stereocenters. The number of piperidine rings is 1. The van der Waals surface area contributed by atoms with Gasteiger partial charge >= 0.3 is 5.97 Å². The van der Waals surface area contributed by atoms with Crippen LogP contribution in [0.3, 0.4) is 0 Å². The maximum Gasteiger partial charge on any atom is 0.312 e. The van der Waals surface area contributed by atoms with E-state index in [-0.39, 0.29) is 11.7 Å². The molecule has 2 atom stereocenters. The summed E-state index contributed by atoms with van der Waals surface area (Å²) in [6.45, 7) is 3.77. The van der Waals surface area contributed by atoms with Crippen LogP contribution >= 0.6 is 0 Å². The first-order chi connectivity index (χ1) is 11.0. The minimum absolute atomic E-state index is 0.232. The van der Waals surface area contributed by atoms with Crippen molar-refractivity contribution in [2.45, 2.75) is 6.42 Å². The standard InChI is InChI=1S/C18H23FN2O2/c1-20-10-8-15-11-21(13-18(15,12-20)17(22)23)9-2-3-14-4-6-16(19)7-5-14/h2-7,15H,8-13H2,1H3,(H,22,23)/b3-2+/t15-,18-/m0/s1. The zero-order valence-corrected chi connectivity index (χ0v) is 13.4. The Labute approximate surface area is 136 Å². The molecule has 2 saturated heterocycles. The van der Waals surface area contributed by atoms with Gasteiger partial charge in [-0.05, 0) is 43.6 Å². The molecule has 1 aromatic rings. The van der Waals surface area contributed by atoms with Crippen LogP contribution in [-0.4, -0.2) is 60.6 Å². The van der Waals surface area contributed by atoms with Gasteiger partial charge in [-0.15, -0.1) is 0 Å². The number of halogens is 1. The predicted octanol–water partition coefficient (Wildman–Crippen LogP) is 2.18. The number of hydrogen-bond donors (Lipinski definition) is 1. The maximum absolute atomic E-state index is 12.9. The van der Waals surface area contributed by atoms with Crippen molar-refractivity contribution in [2.24, 2.45) is 11.3 Å². The molecule has 1 N–H and O–H groups in total. The van der Waals surface area contributed by atoms with Crippen LogP contribution in [0.4, 0.5) is 4.39 Å². The van der Waals surface area contributed by atoms with Gasteiger partial charge in [0.05, 0.1) is 5.41 Å². The normalized spacial score (nSPS) is 29.0. The van der Waals surface area contributed by atoms with Crippen LogP contribution in [0.2, 0.25) is 0 Å². The Balaban J connectivity index is 1.64. The van der Waals surface area contributed by atoms with Gasteiger partial charge in [0.15, 0.2) is 0 Å². The topological polar surface area (TPSA) is 43.8 Å². The lowest BCUT2D eigenvalue weighted by Crippen LogP contribution is -2.52. The number of nitrogens with zero attached hydrogens (tertiary/aromatic N) is 2. The zero-order valence-electron chi connectivity index (χ0n) is 13.4. The Hall–Kier alpha value is -1.72. The fraction of sp³-hybridized carbons (Fsp3) is 0.500. The Bertz CT molecular complexity index is 602. The Morgan fingerprint density at radius 3 is 2.83 bits per heavy atom. The van der Waals surface area contributed by atoms with Crippen molar-refractivity contribution in [2.75, 3.05) is 39.8 Å². The molecule has 2 heterocycles. The number of hydrogen-bond acceptors (Lipinski definition) is 3. The lowest BCUT2D eigenvalue weighted by molar-refractivity contribution is -0.153. The highest BCUT2D eigenvalue weighted by molar-refractivity contribution is 5.76. The van der Waals surface area contributed by atoms with Crippen LogP contribution in [0, 0.1) is 17.2 Å². The second-order valence-electron chi connectivity index (χ2n) is 6.83. The first-order valence-electron chi connectivity index (χ1n) is 8.06. The lowest BCUT2D eigenvalue weighted by atomic mass is 9.73. The second kappa shape index (κ2) is 6.42. The van der Waals surface area contributed by atoms with Crippen LogP contribution in [0.15, 0.2) is 30.3 Å². The van der Waals surface area contributed by atoms with E-state index in [1.807, 2.05) is 19.2 Å². The van der Waals surface area contributed by atoms with E-state index in [0.717, 1.165) is 31.6 Å². The van der Waals surface area contributed by atoms with E-state index in [2.05, 4.69) is 9.80 Å². The third-order valence-electron chi connectivity index (χ3n) is 5.15. The van der Waals surface area contributed by atoms with Crippen LogP contribution in [0.5, 0.6) is 0 Å². The molecule has 0 radical (unpaired) electrons. The molecule has 23 heavy (non-hydrogen) atoms. The van der Waals surface area contributed by atoms with Gasteiger partial charge in [-0.25, -0.2) is 4.39 Å². The fourth-order valence-corrected chi connectivity index (χ4v) is 3.92. The van der Waals surface area contributed by atoms with Gasteiger partial charge in [-0.1, -0.05) is 24.3 Å². The first kappa shape index (κ1) is 16.1. The first-order valence-corrected chi connectivity index (χ1v) is 8.06. The number of carboxylic acids is 1. The summed E-state index contributed by atoms with van der Waals surface area (Å²) >= 11 is 0. The highest BCUT2D eigenvalue weighted by Crippen LogP contribution is 2.42. The molecule has 3 rings (SSSR count). The largest absolute Gasteiger partial charge is 0.481 e. The van der Waals surface area contributed by atoms with Crippen LogP contribution < -0.4 is 0 Å². The summed E-state index contributed by atoms with van der Waals surface area (Å²) in [5.41, 5.74) is 0.326. The molecule has 0 aliphatic carbocycles. The average molecular weight is 318 g/mol. The third kappa shape index (κ3) is 3.31. The molecule has 5 heteroatoms. The van der Waals surface area contributed by atoms with E-state index in [1.54, 1.807) is 12.1 Å². The van der Waals surface area contributed by atoms with Crippen molar-refractivity contribution < 1.29 is 14.3 Å². The minimum Gasteiger partial charge on any atom is -0.481 e. The molecular formula is C18H23FN2O2. The molecule has 2 aliphatic heterocycles. The summed E-state index contributed by atoms with van der Waals surface area (Å²) in [6, 6.07) is 6.37. The Morgan fingerprint density at radius 2 is 2.13 bits per heavy atom. The van der Waals surface area contributed by atoms with E-state index in [4.69, 9.17) is 0 Å². The number of aliphatic carboxylic acids is 1. The van der Waals surface area contributed by atoms with Gasteiger partial charge in [0.1, 0.15) is 5.82 Å². The van der Waals surface area contributed by atoms with E-state index in [1.165, 1.54) is 12.1 Å². The summed E-state index contributed by atoms with van der Waals surface area (Å²) in [5, 5.41) is 9.76. The van der Waals surface area contributed by atoms with Crippen molar-refractivity contribution in [3.8, 4) is 0 Å². The van der Waals surface area contributed by atoms with Crippen LogP contribution in [-0.2, 0) is 4.79 Å². The third-order valence-corrected chi connectivity index (χ3v) is 5.15. The molecule has 1 aromatic carbocycles. The molecule has 124 valence electrons. The van der Waals surface area contributed by atoms with Crippen molar-refractivity contribution in [1.82, 2.24) is 9.80 Å². The minimum atomic E-state index is -0.668. The van der Waals surface area contributed by atoms with Gasteiger partial charge in [0, 0.05) is 26.2 Å². The molecule has 2 fully saturated rings. The van der Waals surface area contributed by atoms with E-state index in [0.29, 0.717) is 13.1 Å². The summed E-state index contributed by atoms with van der Waals surface area (Å²) < 4.78 is 12.9. The van der Waals surface area contributed by atoms with Gasteiger partial charge in [-0.3, -0.25) is 9.69 Å². The maximum atomic E-state index is 12.9. The van der Waals surface area contributed by atoms with Crippen molar-refractivity contribution in [1.29, 1.82) is 0 Å². The average Bonchev–Trinajstić information content (AvgIpc) is 2.88. The van der Waals surface area contributed by atoms with Crippen molar-refractivity contribution in [3.05, 3.63) is 41.7 Å². The summed E-state index contributed by atoms with van der Waals surface area (Å²) in [6.07, 6.45) is 4.94. The fourth-order valence-electron chi connectivity index (χ4n) is 3.92. The highest BCUT2D eigenvalue weighted by atomic mass is 19.1. The highest BCUT2D eigenvalue weighted by Gasteiger charge is 2.54. The SMILES string of the molecule is CN1CC[C@H]2CN(C/C=C/c3ccc(F)cc3)C[C@@]2(C(=O)O)C1. The predicted molar refractivity (Wildman–Crippen MR) is 87.5 cm³/mol. The van der Waals surface area contributed by atoms with Gasteiger partial charge < -0.3 is 10.0 Å². The zero-order chi connectivity index (χ0) is 16.4. The number of carboxylic acid groups (broad SMARTS) is 1. The molecule has 0 amide bonds. The molecule has 4 nitrogen and oxygen atoms in total. The van der Waals surface area contributed by atoms with Gasteiger partial charge in [0.2, 0.25) is 0 Å². The Morgan fingerprint density at radius 1 is 1.39 bits per heavy atom.